The molecule has 2 heterocycles. The number of carboxylic acid groups (broad SMARTS) is 1. The van der Waals surface area contributed by atoms with Crippen molar-refractivity contribution in [2.45, 2.75) is 51.5 Å². The van der Waals surface area contributed by atoms with Crippen molar-refractivity contribution in [1.82, 2.24) is 19.7 Å². The van der Waals surface area contributed by atoms with Crippen molar-refractivity contribution in [3.63, 3.8) is 0 Å². The van der Waals surface area contributed by atoms with E-state index in [1.165, 1.54) is 32.1 Å². The highest BCUT2D eigenvalue weighted by Gasteiger charge is 2.42. The Bertz CT molecular complexity index is 460. The highest BCUT2D eigenvalue weighted by Crippen LogP contribution is 2.46. The molecule has 0 unspecified atom stereocenters. The smallest absolute Gasteiger partial charge is 0.407 e. The summed E-state index contributed by atoms with van der Waals surface area (Å²) < 4.78 is 1.94. The highest BCUT2D eigenvalue weighted by atomic mass is 16.4. The van der Waals surface area contributed by atoms with Crippen LogP contribution in [0.15, 0.2) is 12.7 Å². The van der Waals surface area contributed by atoms with Crippen LogP contribution in [0.3, 0.4) is 0 Å². The summed E-state index contributed by atoms with van der Waals surface area (Å²) >= 11 is 0. The van der Waals surface area contributed by atoms with E-state index in [2.05, 4.69) is 10.1 Å². The summed E-state index contributed by atoms with van der Waals surface area (Å²) in [6, 6.07) is 0. The van der Waals surface area contributed by atoms with Gasteiger partial charge >= 0.3 is 6.09 Å². The summed E-state index contributed by atoms with van der Waals surface area (Å²) in [6.07, 6.45) is 11.0. The van der Waals surface area contributed by atoms with Crippen LogP contribution in [0.25, 0.3) is 0 Å². The molecular formula is C15H24N4O2. The van der Waals surface area contributed by atoms with E-state index in [9.17, 15) is 9.90 Å². The number of likely N-dealkylation sites (tertiary alicyclic amines) is 1. The van der Waals surface area contributed by atoms with Crippen molar-refractivity contribution in [2.75, 3.05) is 13.1 Å². The summed E-state index contributed by atoms with van der Waals surface area (Å²) in [5, 5.41) is 13.5. The molecule has 0 radical (unpaired) electrons. The third kappa shape index (κ3) is 3.04. The summed E-state index contributed by atoms with van der Waals surface area (Å²) in [5.74, 6) is 0.700. The summed E-state index contributed by atoms with van der Waals surface area (Å²) in [5.41, 5.74) is 0.195. The number of piperidine rings is 1. The average Bonchev–Trinajstić information content (AvgIpc) is 3.01. The second-order valence-corrected chi connectivity index (χ2v) is 6.56. The van der Waals surface area contributed by atoms with Gasteiger partial charge in [-0.05, 0) is 37.0 Å². The molecule has 1 amide bonds. The lowest BCUT2D eigenvalue weighted by Crippen LogP contribution is -2.48. The normalized spacial score (nSPS) is 23.1. The van der Waals surface area contributed by atoms with Gasteiger partial charge in [0.15, 0.2) is 0 Å². The first-order valence-electron chi connectivity index (χ1n) is 8.00. The SMILES string of the molecule is O=C(O)N1CCC(Cn2cncn2)(C2CCCCC2)CC1. The lowest BCUT2D eigenvalue weighted by molar-refractivity contribution is 0.0146. The van der Waals surface area contributed by atoms with Gasteiger partial charge in [0.1, 0.15) is 12.7 Å². The van der Waals surface area contributed by atoms with Gasteiger partial charge in [-0.1, -0.05) is 19.3 Å². The quantitative estimate of drug-likeness (QED) is 0.929. The zero-order valence-corrected chi connectivity index (χ0v) is 12.4. The molecule has 1 N–H and O–H groups in total. The zero-order chi connectivity index (χ0) is 14.7. The molecule has 21 heavy (non-hydrogen) atoms. The molecule has 1 saturated carbocycles. The third-order valence-corrected chi connectivity index (χ3v) is 5.44. The van der Waals surface area contributed by atoms with Crippen molar-refractivity contribution < 1.29 is 9.90 Å². The van der Waals surface area contributed by atoms with E-state index >= 15 is 0 Å². The van der Waals surface area contributed by atoms with E-state index in [4.69, 9.17) is 0 Å². The number of aromatic nitrogens is 3. The topological polar surface area (TPSA) is 71.2 Å². The fourth-order valence-electron chi connectivity index (χ4n) is 4.19. The second kappa shape index (κ2) is 6.03. The van der Waals surface area contributed by atoms with Crippen molar-refractivity contribution in [3.05, 3.63) is 12.7 Å². The molecule has 1 aliphatic carbocycles. The van der Waals surface area contributed by atoms with Gasteiger partial charge in [-0.2, -0.15) is 5.10 Å². The maximum absolute atomic E-state index is 11.2. The van der Waals surface area contributed by atoms with E-state index < -0.39 is 6.09 Å². The molecule has 3 rings (SSSR count). The van der Waals surface area contributed by atoms with Crippen LogP contribution in [-0.4, -0.2) is 44.0 Å². The molecule has 1 aromatic rings. The van der Waals surface area contributed by atoms with E-state index in [0.717, 1.165) is 19.4 Å². The molecular weight excluding hydrogens is 268 g/mol. The maximum atomic E-state index is 11.2. The van der Waals surface area contributed by atoms with Crippen LogP contribution in [0.5, 0.6) is 0 Å². The van der Waals surface area contributed by atoms with Gasteiger partial charge in [-0.15, -0.1) is 0 Å². The minimum atomic E-state index is -0.784. The predicted molar refractivity (Wildman–Crippen MR) is 77.9 cm³/mol. The van der Waals surface area contributed by atoms with Crippen LogP contribution in [0.4, 0.5) is 4.79 Å². The maximum Gasteiger partial charge on any atom is 0.407 e. The largest absolute Gasteiger partial charge is 0.465 e. The Hall–Kier alpha value is -1.59. The van der Waals surface area contributed by atoms with Crippen LogP contribution < -0.4 is 0 Å². The van der Waals surface area contributed by atoms with Gasteiger partial charge in [0.05, 0.1) is 0 Å². The molecule has 1 aromatic heterocycles. The van der Waals surface area contributed by atoms with Gasteiger partial charge in [0, 0.05) is 19.6 Å². The molecule has 0 aromatic carbocycles. The van der Waals surface area contributed by atoms with E-state index in [-0.39, 0.29) is 5.41 Å². The third-order valence-electron chi connectivity index (χ3n) is 5.44. The summed E-state index contributed by atoms with van der Waals surface area (Å²) in [6.45, 7) is 2.19. The minimum Gasteiger partial charge on any atom is -0.465 e. The van der Waals surface area contributed by atoms with Gasteiger partial charge in [0.25, 0.3) is 0 Å². The predicted octanol–water partition coefficient (Wildman–Crippen LogP) is 2.62. The Morgan fingerprint density at radius 2 is 1.95 bits per heavy atom. The van der Waals surface area contributed by atoms with Crippen LogP contribution in [0, 0.1) is 11.3 Å². The minimum absolute atomic E-state index is 0.195. The lowest BCUT2D eigenvalue weighted by Gasteiger charge is -2.47. The van der Waals surface area contributed by atoms with Gasteiger partial charge in [0.2, 0.25) is 0 Å². The fraction of sp³-hybridized carbons (Fsp3) is 0.800. The van der Waals surface area contributed by atoms with Gasteiger partial charge in [-0.3, -0.25) is 4.68 Å². The van der Waals surface area contributed by atoms with E-state index in [0.29, 0.717) is 19.0 Å². The van der Waals surface area contributed by atoms with Crippen LogP contribution in [0.2, 0.25) is 0 Å². The van der Waals surface area contributed by atoms with Crippen molar-refractivity contribution in [3.8, 4) is 0 Å². The fourth-order valence-corrected chi connectivity index (χ4v) is 4.19. The first-order chi connectivity index (χ1) is 10.2. The molecule has 0 atom stereocenters. The Morgan fingerprint density at radius 1 is 1.24 bits per heavy atom. The van der Waals surface area contributed by atoms with E-state index in [1.54, 1.807) is 17.6 Å². The number of nitrogens with zero attached hydrogens (tertiary/aromatic N) is 4. The molecule has 0 spiro atoms. The molecule has 0 bridgehead atoms. The second-order valence-electron chi connectivity index (χ2n) is 6.56. The van der Waals surface area contributed by atoms with Crippen LogP contribution in [-0.2, 0) is 6.54 Å². The van der Waals surface area contributed by atoms with Crippen molar-refractivity contribution in [2.24, 2.45) is 11.3 Å². The molecule has 116 valence electrons. The van der Waals surface area contributed by atoms with Crippen LogP contribution >= 0.6 is 0 Å². The molecule has 1 saturated heterocycles. The Morgan fingerprint density at radius 3 is 2.52 bits per heavy atom. The first kappa shape index (κ1) is 14.4. The standard InChI is InChI=1S/C15H24N4O2/c20-14(21)18-8-6-15(7-9-18,10-19-12-16-11-17-19)13-4-2-1-3-5-13/h11-13H,1-10H2,(H,20,21). The highest BCUT2D eigenvalue weighted by molar-refractivity contribution is 5.65. The monoisotopic (exact) mass is 292 g/mol. The first-order valence-corrected chi connectivity index (χ1v) is 8.00. The molecule has 2 fully saturated rings. The Labute approximate surface area is 125 Å². The molecule has 2 aliphatic rings. The van der Waals surface area contributed by atoms with Crippen LogP contribution in [0.1, 0.15) is 44.9 Å². The molecule has 6 nitrogen and oxygen atoms in total. The van der Waals surface area contributed by atoms with Gasteiger partial charge < -0.3 is 10.0 Å². The number of amides is 1. The number of hydrogen-bond acceptors (Lipinski definition) is 3. The number of carbonyl (C=O) groups is 1. The number of hydrogen-bond donors (Lipinski definition) is 1. The number of rotatable bonds is 3. The summed E-state index contributed by atoms with van der Waals surface area (Å²) in [7, 11) is 0. The summed E-state index contributed by atoms with van der Waals surface area (Å²) in [4.78, 5) is 16.8. The average molecular weight is 292 g/mol. The molecule has 1 aliphatic heterocycles. The Balaban J connectivity index is 1.76. The van der Waals surface area contributed by atoms with Crippen molar-refractivity contribution in [1.29, 1.82) is 0 Å². The van der Waals surface area contributed by atoms with Crippen molar-refractivity contribution >= 4 is 6.09 Å². The zero-order valence-electron chi connectivity index (χ0n) is 12.4. The van der Waals surface area contributed by atoms with E-state index in [1.807, 2.05) is 4.68 Å². The van der Waals surface area contributed by atoms with Gasteiger partial charge in [-0.25, -0.2) is 9.78 Å². The Kier molecular flexibility index (Phi) is 4.12. The molecule has 6 heteroatoms. The lowest BCUT2D eigenvalue weighted by atomic mass is 9.63.